The number of hydrogen-bond donors (Lipinski definition) is 0. The first-order valence-electron chi connectivity index (χ1n) is 5.74. The van der Waals surface area contributed by atoms with E-state index in [0.29, 0.717) is 12.7 Å². The van der Waals surface area contributed by atoms with Crippen LogP contribution in [0.3, 0.4) is 0 Å². The fourth-order valence-corrected chi connectivity index (χ4v) is 3.16. The molecule has 1 saturated heterocycles. The van der Waals surface area contributed by atoms with Crippen molar-refractivity contribution in [2.75, 3.05) is 34.5 Å². The van der Waals surface area contributed by atoms with Crippen LogP contribution in [0.5, 0.6) is 0 Å². The van der Waals surface area contributed by atoms with E-state index < -0.39 is 8.80 Å². The van der Waals surface area contributed by atoms with Crippen molar-refractivity contribution in [1.29, 1.82) is 0 Å². The summed E-state index contributed by atoms with van der Waals surface area (Å²) in [5, 5.41) is 0. The fourth-order valence-electron chi connectivity index (χ4n) is 1.50. The van der Waals surface area contributed by atoms with Gasteiger partial charge in [0, 0.05) is 33.8 Å². The van der Waals surface area contributed by atoms with Crippen molar-refractivity contribution in [1.82, 2.24) is 0 Å². The molecule has 6 heteroatoms. The number of rotatable bonds is 9. The van der Waals surface area contributed by atoms with Gasteiger partial charge in [0.25, 0.3) is 0 Å². The number of allylic oxidation sites excluding steroid dienone is 2. The van der Waals surface area contributed by atoms with Gasteiger partial charge >= 0.3 is 8.80 Å². The molecule has 1 rings (SSSR count). The lowest BCUT2D eigenvalue weighted by Crippen LogP contribution is -2.42. The average Bonchev–Trinajstić information content (AvgIpc) is 3.19. The standard InChI is InChI=1S/C11H22O5Si/c1-5-10(15-8-11-9-16-11)6-7-17(12-2,13-3)14-4/h5,11H,6-9H2,1-4H3. The minimum absolute atomic E-state index is 0.277. The summed E-state index contributed by atoms with van der Waals surface area (Å²) in [6.07, 6.45) is 2.99. The molecule has 1 aliphatic rings. The summed E-state index contributed by atoms with van der Waals surface area (Å²) in [5.74, 6) is 0.934. The Morgan fingerprint density at radius 1 is 1.29 bits per heavy atom. The highest BCUT2D eigenvalue weighted by Gasteiger charge is 2.37. The second-order valence-corrected chi connectivity index (χ2v) is 6.91. The van der Waals surface area contributed by atoms with Gasteiger partial charge < -0.3 is 22.8 Å². The fraction of sp³-hybridized carbons (Fsp3) is 0.818. The van der Waals surface area contributed by atoms with Crippen molar-refractivity contribution in [2.24, 2.45) is 0 Å². The second-order valence-electron chi connectivity index (χ2n) is 3.82. The summed E-state index contributed by atoms with van der Waals surface area (Å²) in [6, 6.07) is 0.710. The Bertz CT molecular complexity index is 240. The van der Waals surface area contributed by atoms with Gasteiger partial charge in [-0.2, -0.15) is 0 Å². The van der Waals surface area contributed by atoms with Crippen molar-refractivity contribution in [3.8, 4) is 0 Å². The lowest BCUT2D eigenvalue weighted by Gasteiger charge is -2.24. The minimum atomic E-state index is -2.49. The third kappa shape index (κ3) is 4.77. The Hall–Kier alpha value is -0.403. The first-order valence-corrected chi connectivity index (χ1v) is 7.68. The Morgan fingerprint density at radius 3 is 2.29 bits per heavy atom. The SMILES string of the molecule is CC=C(CC[Si](OC)(OC)OC)OCC1CO1. The Balaban J connectivity index is 2.33. The third-order valence-corrected chi connectivity index (χ3v) is 5.52. The van der Waals surface area contributed by atoms with Crippen molar-refractivity contribution >= 4 is 8.80 Å². The Labute approximate surface area is 104 Å². The highest BCUT2D eigenvalue weighted by atomic mass is 28.4. The first kappa shape index (κ1) is 14.7. The van der Waals surface area contributed by atoms with E-state index >= 15 is 0 Å². The molecular formula is C11H22O5Si. The summed E-state index contributed by atoms with van der Waals surface area (Å²) >= 11 is 0. The molecule has 0 bridgehead atoms. The molecule has 0 aromatic carbocycles. The number of hydrogen-bond acceptors (Lipinski definition) is 5. The molecule has 0 spiro atoms. The number of ether oxygens (including phenoxy) is 2. The maximum Gasteiger partial charge on any atom is 0.500 e. The maximum atomic E-state index is 5.64. The van der Waals surface area contributed by atoms with Crippen LogP contribution in [0.15, 0.2) is 11.8 Å². The highest BCUT2D eigenvalue weighted by molar-refractivity contribution is 6.60. The molecule has 0 saturated carbocycles. The van der Waals surface area contributed by atoms with E-state index in [2.05, 4.69) is 0 Å². The first-order chi connectivity index (χ1) is 8.19. The van der Waals surface area contributed by atoms with E-state index in [1.54, 1.807) is 21.3 Å². The molecule has 1 fully saturated rings. The predicted molar refractivity (Wildman–Crippen MR) is 65.7 cm³/mol. The zero-order valence-corrected chi connectivity index (χ0v) is 12.0. The summed E-state index contributed by atoms with van der Waals surface area (Å²) in [7, 11) is 2.37. The van der Waals surface area contributed by atoms with Crippen LogP contribution >= 0.6 is 0 Å². The summed E-state index contributed by atoms with van der Waals surface area (Å²) < 4.78 is 26.8. The van der Waals surface area contributed by atoms with E-state index in [1.807, 2.05) is 13.0 Å². The van der Waals surface area contributed by atoms with Crippen LogP contribution < -0.4 is 0 Å². The molecule has 100 valence electrons. The zero-order chi connectivity index (χ0) is 12.7. The van der Waals surface area contributed by atoms with Crippen LogP contribution in [-0.2, 0) is 22.8 Å². The topological polar surface area (TPSA) is 49.5 Å². The van der Waals surface area contributed by atoms with Crippen LogP contribution in [0, 0.1) is 0 Å². The number of epoxide rings is 1. The normalized spacial score (nSPS) is 20.5. The summed E-state index contributed by atoms with van der Waals surface area (Å²) in [5.41, 5.74) is 0. The lowest BCUT2D eigenvalue weighted by atomic mass is 10.3. The van der Waals surface area contributed by atoms with Crippen molar-refractivity contribution in [3.05, 3.63) is 11.8 Å². The van der Waals surface area contributed by atoms with Gasteiger partial charge in [-0.15, -0.1) is 0 Å². The van der Waals surface area contributed by atoms with Gasteiger partial charge in [-0.05, 0) is 13.0 Å². The van der Waals surface area contributed by atoms with Gasteiger partial charge in [-0.1, -0.05) is 0 Å². The average molecular weight is 262 g/mol. The van der Waals surface area contributed by atoms with Gasteiger partial charge in [-0.25, -0.2) is 0 Å². The molecule has 0 amide bonds. The highest BCUT2D eigenvalue weighted by Crippen LogP contribution is 2.20. The maximum absolute atomic E-state index is 5.64. The molecular weight excluding hydrogens is 240 g/mol. The molecule has 1 heterocycles. The van der Waals surface area contributed by atoms with Crippen LogP contribution in [0.4, 0.5) is 0 Å². The quantitative estimate of drug-likeness (QED) is 0.359. The Kier molecular flexibility index (Phi) is 6.14. The van der Waals surface area contributed by atoms with E-state index in [0.717, 1.165) is 18.8 Å². The lowest BCUT2D eigenvalue weighted by molar-refractivity contribution is 0.119. The molecule has 5 nitrogen and oxygen atoms in total. The molecule has 0 aliphatic carbocycles. The molecule has 0 aromatic heterocycles. The smallest absolute Gasteiger partial charge is 0.495 e. The van der Waals surface area contributed by atoms with Crippen molar-refractivity contribution < 1.29 is 22.8 Å². The van der Waals surface area contributed by atoms with E-state index in [1.165, 1.54) is 0 Å². The minimum Gasteiger partial charge on any atom is -0.495 e. The van der Waals surface area contributed by atoms with Crippen LogP contribution in [0.25, 0.3) is 0 Å². The molecule has 1 unspecified atom stereocenters. The zero-order valence-electron chi connectivity index (χ0n) is 11.0. The van der Waals surface area contributed by atoms with Crippen LogP contribution in [0.2, 0.25) is 6.04 Å². The monoisotopic (exact) mass is 262 g/mol. The molecule has 1 atom stereocenters. The molecule has 0 N–H and O–H groups in total. The van der Waals surface area contributed by atoms with Crippen LogP contribution in [-0.4, -0.2) is 49.5 Å². The second kappa shape index (κ2) is 7.12. The van der Waals surface area contributed by atoms with Crippen molar-refractivity contribution in [3.63, 3.8) is 0 Å². The van der Waals surface area contributed by atoms with E-state index in [4.69, 9.17) is 22.8 Å². The summed E-state index contributed by atoms with van der Waals surface area (Å²) in [6.45, 7) is 3.39. The van der Waals surface area contributed by atoms with E-state index in [9.17, 15) is 0 Å². The van der Waals surface area contributed by atoms with E-state index in [-0.39, 0.29) is 6.10 Å². The summed E-state index contributed by atoms with van der Waals surface area (Å²) in [4.78, 5) is 0. The van der Waals surface area contributed by atoms with Crippen molar-refractivity contribution in [2.45, 2.75) is 25.5 Å². The molecule has 0 aromatic rings. The Morgan fingerprint density at radius 2 is 1.88 bits per heavy atom. The van der Waals surface area contributed by atoms with Gasteiger partial charge in [0.2, 0.25) is 0 Å². The van der Waals surface area contributed by atoms with Gasteiger partial charge in [-0.3, -0.25) is 0 Å². The van der Waals surface area contributed by atoms with Gasteiger partial charge in [0.05, 0.1) is 12.4 Å². The largest absolute Gasteiger partial charge is 0.500 e. The molecule has 1 aliphatic heterocycles. The third-order valence-electron chi connectivity index (χ3n) is 2.79. The molecule has 0 radical (unpaired) electrons. The van der Waals surface area contributed by atoms with Crippen LogP contribution in [0.1, 0.15) is 13.3 Å². The predicted octanol–water partition coefficient (Wildman–Crippen LogP) is 1.57. The van der Waals surface area contributed by atoms with Gasteiger partial charge in [0.1, 0.15) is 12.7 Å². The molecule has 17 heavy (non-hydrogen) atoms. The van der Waals surface area contributed by atoms with Gasteiger partial charge in [0.15, 0.2) is 0 Å².